The molecule has 0 bridgehead atoms. The van der Waals surface area contributed by atoms with E-state index in [4.69, 9.17) is 4.74 Å². The summed E-state index contributed by atoms with van der Waals surface area (Å²) >= 11 is 0. The van der Waals surface area contributed by atoms with Crippen LogP contribution >= 0.6 is 0 Å². The lowest BCUT2D eigenvalue weighted by Gasteiger charge is -2.28. The molecule has 1 aromatic rings. The fourth-order valence-electron chi connectivity index (χ4n) is 2.41. The van der Waals surface area contributed by atoms with Crippen LogP contribution in [-0.2, 0) is 11.3 Å². The molecule has 1 fully saturated rings. The van der Waals surface area contributed by atoms with Crippen LogP contribution in [0.1, 0.15) is 25.3 Å². The van der Waals surface area contributed by atoms with E-state index in [0.717, 1.165) is 31.5 Å². The first-order valence-electron chi connectivity index (χ1n) is 6.93. The first kappa shape index (κ1) is 13.9. The van der Waals surface area contributed by atoms with E-state index in [1.807, 2.05) is 30.3 Å². The fraction of sp³-hybridized carbons (Fsp3) is 0.533. The molecule has 2 rings (SSSR count). The number of hydrogen-bond acceptors (Lipinski definition) is 3. The number of ether oxygens (including phenoxy) is 1. The molecular formula is C15H22N2O2. The summed E-state index contributed by atoms with van der Waals surface area (Å²) in [4.78, 5) is 11.7. The minimum atomic E-state index is -0.324. The van der Waals surface area contributed by atoms with Gasteiger partial charge in [-0.05, 0) is 44.3 Å². The molecule has 0 aromatic heterocycles. The number of amides is 1. The standard InChI is InChI=1S/C15H22N2O2/c1-12(14-7-9-16-10-8-14)17-15(18)19-11-13-5-3-2-4-6-13/h2-6,12,14,16H,7-11H2,1H3,(H,17,18)/t12-/m0/s1. The highest BCUT2D eigenvalue weighted by molar-refractivity contribution is 5.67. The van der Waals surface area contributed by atoms with Gasteiger partial charge in [-0.15, -0.1) is 0 Å². The van der Waals surface area contributed by atoms with Crippen molar-refractivity contribution in [3.63, 3.8) is 0 Å². The van der Waals surface area contributed by atoms with E-state index < -0.39 is 0 Å². The number of carbonyl (C=O) groups is 1. The molecule has 1 amide bonds. The Hall–Kier alpha value is -1.55. The first-order valence-corrected chi connectivity index (χ1v) is 6.93. The molecule has 4 heteroatoms. The third-order valence-corrected chi connectivity index (χ3v) is 3.65. The van der Waals surface area contributed by atoms with Crippen molar-refractivity contribution in [1.29, 1.82) is 0 Å². The fourth-order valence-corrected chi connectivity index (χ4v) is 2.41. The van der Waals surface area contributed by atoms with Gasteiger partial charge in [0, 0.05) is 6.04 Å². The van der Waals surface area contributed by atoms with Gasteiger partial charge in [-0.1, -0.05) is 30.3 Å². The quantitative estimate of drug-likeness (QED) is 0.875. The average molecular weight is 262 g/mol. The van der Waals surface area contributed by atoms with Gasteiger partial charge in [0.15, 0.2) is 0 Å². The number of piperidine rings is 1. The molecule has 0 saturated carbocycles. The van der Waals surface area contributed by atoms with Crippen LogP contribution in [0.25, 0.3) is 0 Å². The Morgan fingerprint density at radius 2 is 2.05 bits per heavy atom. The lowest BCUT2D eigenvalue weighted by Crippen LogP contribution is -2.42. The summed E-state index contributed by atoms with van der Waals surface area (Å²) in [5, 5.41) is 6.26. The van der Waals surface area contributed by atoms with Crippen molar-refractivity contribution in [1.82, 2.24) is 10.6 Å². The lowest BCUT2D eigenvalue weighted by molar-refractivity contribution is 0.131. The molecule has 2 N–H and O–H groups in total. The van der Waals surface area contributed by atoms with Crippen molar-refractivity contribution in [3.8, 4) is 0 Å². The number of carbonyl (C=O) groups excluding carboxylic acids is 1. The van der Waals surface area contributed by atoms with Gasteiger partial charge in [-0.2, -0.15) is 0 Å². The zero-order valence-electron chi connectivity index (χ0n) is 11.4. The maximum Gasteiger partial charge on any atom is 0.407 e. The molecule has 1 atom stereocenters. The number of hydrogen-bond donors (Lipinski definition) is 2. The van der Waals surface area contributed by atoms with Gasteiger partial charge >= 0.3 is 6.09 Å². The molecule has 0 aliphatic carbocycles. The van der Waals surface area contributed by atoms with Gasteiger partial charge in [0.05, 0.1) is 0 Å². The molecule has 104 valence electrons. The van der Waals surface area contributed by atoms with Crippen LogP contribution in [0.5, 0.6) is 0 Å². The molecule has 1 saturated heterocycles. The van der Waals surface area contributed by atoms with Crippen molar-refractivity contribution >= 4 is 6.09 Å². The topological polar surface area (TPSA) is 50.4 Å². The molecular weight excluding hydrogens is 240 g/mol. The van der Waals surface area contributed by atoms with Gasteiger partial charge < -0.3 is 15.4 Å². The number of rotatable bonds is 4. The third kappa shape index (κ3) is 4.56. The molecule has 0 spiro atoms. The Labute approximate surface area is 114 Å². The predicted octanol–water partition coefficient (Wildman–Crippen LogP) is 2.30. The molecule has 19 heavy (non-hydrogen) atoms. The summed E-state index contributed by atoms with van der Waals surface area (Å²) in [6.45, 7) is 4.46. The Kier molecular flexibility index (Phi) is 5.21. The van der Waals surface area contributed by atoms with E-state index >= 15 is 0 Å². The summed E-state index contributed by atoms with van der Waals surface area (Å²) in [5.41, 5.74) is 1.01. The van der Waals surface area contributed by atoms with E-state index in [9.17, 15) is 4.79 Å². The Bertz CT molecular complexity index is 388. The highest BCUT2D eigenvalue weighted by Gasteiger charge is 2.21. The van der Waals surface area contributed by atoms with Crippen LogP contribution in [-0.4, -0.2) is 25.2 Å². The largest absolute Gasteiger partial charge is 0.445 e. The molecule has 1 aromatic carbocycles. The summed E-state index contributed by atoms with van der Waals surface area (Å²) in [7, 11) is 0. The van der Waals surface area contributed by atoms with E-state index in [0.29, 0.717) is 12.5 Å². The summed E-state index contributed by atoms with van der Waals surface area (Å²) in [5.74, 6) is 0.547. The summed E-state index contributed by atoms with van der Waals surface area (Å²) in [6.07, 6.45) is 1.90. The molecule has 1 heterocycles. The van der Waals surface area contributed by atoms with Gasteiger partial charge in [0.1, 0.15) is 6.61 Å². The van der Waals surface area contributed by atoms with Crippen molar-refractivity contribution in [2.24, 2.45) is 5.92 Å². The maximum absolute atomic E-state index is 11.7. The Balaban J connectivity index is 1.71. The summed E-state index contributed by atoms with van der Waals surface area (Å²) in [6, 6.07) is 9.89. The number of alkyl carbamates (subject to hydrolysis) is 1. The van der Waals surface area contributed by atoms with Crippen LogP contribution in [0.2, 0.25) is 0 Å². The molecule has 4 nitrogen and oxygen atoms in total. The smallest absolute Gasteiger partial charge is 0.407 e. The van der Waals surface area contributed by atoms with Crippen molar-refractivity contribution in [2.75, 3.05) is 13.1 Å². The second kappa shape index (κ2) is 7.14. The molecule has 1 aliphatic rings. The molecule has 0 unspecified atom stereocenters. The second-order valence-corrected chi connectivity index (χ2v) is 5.08. The van der Waals surface area contributed by atoms with Gasteiger partial charge in [-0.25, -0.2) is 4.79 Å². The van der Waals surface area contributed by atoms with Crippen molar-refractivity contribution in [2.45, 2.75) is 32.4 Å². The van der Waals surface area contributed by atoms with Crippen LogP contribution in [0.4, 0.5) is 4.79 Å². The minimum absolute atomic E-state index is 0.172. The first-order chi connectivity index (χ1) is 9.25. The highest BCUT2D eigenvalue weighted by atomic mass is 16.5. The SMILES string of the molecule is C[C@H](NC(=O)OCc1ccccc1)C1CCNCC1. The minimum Gasteiger partial charge on any atom is -0.445 e. The lowest BCUT2D eigenvalue weighted by atomic mass is 9.91. The monoisotopic (exact) mass is 262 g/mol. The molecule has 1 aliphatic heterocycles. The van der Waals surface area contributed by atoms with E-state index in [1.54, 1.807) is 0 Å². The average Bonchev–Trinajstić information content (AvgIpc) is 2.47. The van der Waals surface area contributed by atoms with Crippen LogP contribution in [0.15, 0.2) is 30.3 Å². The van der Waals surface area contributed by atoms with Gasteiger partial charge in [-0.3, -0.25) is 0 Å². The van der Waals surface area contributed by atoms with E-state index in [1.165, 1.54) is 0 Å². The van der Waals surface area contributed by atoms with Crippen molar-refractivity contribution in [3.05, 3.63) is 35.9 Å². The zero-order chi connectivity index (χ0) is 13.5. The maximum atomic E-state index is 11.7. The van der Waals surface area contributed by atoms with Crippen LogP contribution in [0.3, 0.4) is 0 Å². The Morgan fingerprint density at radius 3 is 2.74 bits per heavy atom. The van der Waals surface area contributed by atoms with Gasteiger partial charge in [0.25, 0.3) is 0 Å². The zero-order valence-corrected chi connectivity index (χ0v) is 11.4. The van der Waals surface area contributed by atoms with E-state index in [2.05, 4.69) is 17.6 Å². The number of nitrogens with one attached hydrogen (secondary N) is 2. The Morgan fingerprint density at radius 1 is 1.37 bits per heavy atom. The third-order valence-electron chi connectivity index (χ3n) is 3.65. The predicted molar refractivity (Wildman–Crippen MR) is 74.8 cm³/mol. The highest BCUT2D eigenvalue weighted by Crippen LogP contribution is 2.16. The number of benzene rings is 1. The molecule has 0 radical (unpaired) electrons. The van der Waals surface area contributed by atoms with Crippen LogP contribution < -0.4 is 10.6 Å². The van der Waals surface area contributed by atoms with Crippen molar-refractivity contribution < 1.29 is 9.53 Å². The van der Waals surface area contributed by atoms with E-state index in [-0.39, 0.29) is 12.1 Å². The van der Waals surface area contributed by atoms with Gasteiger partial charge in [0.2, 0.25) is 0 Å². The summed E-state index contributed by atoms with van der Waals surface area (Å²) < 4.78 is 5.22. The normalized spacial score (nSPS) is 17.7. The van der Waals surface area contributed by atoms with Crippen LogP contribution in [0, 0.1) is 5.92 Å². The second-order valence-electron chi connectivity index (χ2n) is 5.08.